The van der Waals surface area contributed by atoms with E-state index in [-0.39, 0.29) is 0 Å². The molecule has 8 nitrogen and oxygen atoms in total. The molecule has 0 aliphatic carbocycles. The standard InChI is InChI=1S/C7H8N4O4/c12-6(13)3-15-11-7(14)10-5-1-8-4-9-2-5/h1-2,4H,3H2,(H,12,13)(H2,10,11,14). The molecule has 8 heteroatoms. The van der Waals surface area contributed by atoms with Gasteiger partial charge in [-0.1, -0.05) is 0 Å². The Labute approximate surface area is 84.3 Å². The number of carbonyl (C=O) groups is 2. The van der Waals surface area contributed by atoms with Gasteiger partial charge < -0.3 is 10.4 Å². The highest BCUT2D eigenvalue weighted by molar-refractivity contribution is 5.88. The topological polar surface area (TPSA) is 113 Å². The van der Waals surface area contributed by atoms with Crippen LogP contribution >= 0.6 is 0 Å². The van der Waals surface area contributed by atoms with Crippen LogP contribution < -0.4 is 10.8 Å². The molecule has 0 bridgehead atoms. The van der Waals surface area contributed by atoms with Gasteiger partial charge in [0.25, 0.3) is 0 Å². The SMILES string of the molecule is O=C(O)CONC(=O)Nc1cncnc1. The van der Waals surface area contributed by atoms with Crippen LogP contribution in [0.4, 0.5) is 10.5 Å². The number of urea groups is 1. The fraction of sp³-hybridized carbons (Fsp3) is 0.143. The third kappa shape index (κ3) is 4.52. The van der Waals surface area contributed by atoms with Gasteiger partial charge in [-0.15, -0.1) is 0 Å². The normalized spacial score (nSPS) is 9.33. The zero-order valence-electron chi connectivity index (χ0n) is 7.51. The van der Waals surface area contributed by atoms with Crippen molar-refractivity contribution < 1.29 is 19.5 Å². The van der Waals surface area contributed by atoms with Crippen LogP contribution in [0, 0.1) is 0 Å². The minimum atomic E-state index is -1.18. The Balaban J connectivity index is 2.28. The quantitative estimate of drug-likeness (QED) is 0.586. The first-order chi connectivity index (χ1) is 7.18. The summed E-state index contributed by atoms with van der Waals surface area (Å²) in [6.07, 6.45) is 4.07. The summed E-state index contributed by atoms with van der Waals surface area (Å²) in [6, 6.07) is -0.703. The van der Waals surface area contributed by atoms with Crippen LogP contribution in [0.15, 0.2) is 18.7 Å². The first-order valence-electron chi connectivity index (χ1n) is 3.84. The van der Waals surface area contributed by atoms with Gasteiger partial charge in [-0.3, -0.25) is 4.84 Å². The molecule has 80 valence electrons. The average Bonchev–Trinajstić information content (AvgIpc) is 2.18. The summed E-state index contributed by atoms with van der Waals surface area (Å²) in [4.78, 5) is 32.7. The third-order valence-corrected chi connectivity index (χ3v) is 1.18. The van der Waals surface area contributed by atoms with Gasteiger partial charge in [-0.05, 0) is 0 Å². The number of hydroxylamine groups is 1. The van der Waals surface area contributed by atoms with E-state index in [1.165, 1.54) is 18.7 Å². The van der Waals surface area contributed by atoms with Crippen molar-refractivity contribution in [2.45, 2.75) is 0 Å². The molecule has 1 aromatic heterocycles. The number of anilines is 1. The van der Waals surface area contributed by atoms with E-state index in [0.29, 0.717) is 5.69 Å². The fourth-order valence-corrected chi connectivity index (χ4v) is 0.684. The van der Waals surface area contributed by atoms with Gasteiger partial charge in [0.2, 0.25) is 0 Å². The molecular formula is C7H8N4O4. The lowest BCUT2D eigenvalue weighted by molar-refractivity contribution is -0.143. The van der Waals surface area contributed by atoms with Gasteiger partial charge in [0.05, 0.1) is 18.1 Å². The van der Waals surface area contributed by atoms with Gasteiger partial charge in [0.1, 0.15) is 6.33 Å². The van der Waals surface area contributed by atoms with E-state index in [4.69, 9.17) is 5.11 Å². The summed E-state index contributed by atoms with van der Waals surface area (Å²) in [5.74, 6) is -1.18. The van der Waals surface area contributed by atoms with Crippen LogP contribution in [-0.4, -0.2) is 33.7 Å². The number of carbonyl (C=O) groups excluding carboxylic acids is 1. The molecule has 0 spiro atoms. The molecule has 0 aliphatic heterocycles. The second-order valence-electron chi connectivity index (χ2n) is 2.37. The van der Waals surface area contributed by atoms with Crippen LogP contribution in [0.25, 0.3) is 0 Å². The Morgan fingerprint density at radius 2 is 2.07 bits per heavy atom. The highest BCUT2D eigenvalue weighted by Gasteiger charge is 2.02. The van der Waals surface area contributed by atoms with E-state index in [0.717, 1.165) is 0 Å². The van der Waals surface area contributed by atoms with Crippen molar-refractivity contribution in [3.63, 3.8) is 0 Å². The molecule has 0 saturated carbocycles. The fourth-order valence-electron chi connectivity index (χ4n) is 0.684. The molecular weight excluding hydrogens is 204 g/mol. The molecule has 2 amide bonds. The molecule has 0 aromatic carbocycles. The first kappa shape index (κ1) is 10.9. The van der Waals surface area contributed by atoms with Gasteiger partial charge in [0.15, 0.2) is 6.61 Å². The monoisotopic (exact) mass is 212 g/mol. The minimum absolute atomic E-state index is 0.369. The molecule has 1 aromatic rings. The Kier molecular flexibility index (Phi) is 3.98. The van der Waals surface area contributed by atoms with E-state index in [9.17, 15) is 9.59 Å². The van der Waals surface area contributed by atoms with Crippen molar-refractivity contribution in [1.82, 2.24) is 15.4 Å². The number of hydrogen-bond donors (Lipinski definition) is 3. The summed E-state index contributed by atoms with van der Waals surface area (Å²) in [7, 11) is 0. The second-order valence-corrected chi connectivity index (χ2v) is 2.37. The smallest absolute Gasteiger partial charge is 0.343 e. The summed E-state index contributed by atoms with van der Waals surface area (Å²) in [5.41, 5.74) is 2.25. The highest BCUT2D eigenvalue weighted by Crippen LogP contribution is 1.98. The molecule has 0 unspecified atom stereocenters. The lowest BCUT2D eigenvalue weighted by Crippen LogP contribution is -2.30. The van der Waals surface area contributed by atoms with E-state index >= 15 is 0 Å². The zero-order valence-corrected chi connectivity index (χ0v) is 7.51. The molecule has 0 atom stereocenters. The van der Waals surface area contributed by atoms with Crippen molar-refractivity contribution in [1.29, 1.82) is 0 Å². The highest BCUT2D eigenvalue weighted by atomic mass is 16.7. The number of amides is 2. The maximum atomic E-state index is 11.0. The van der Waals surface area contributed by atoms with Crippen molar-refractivity contribution in [3.05, 3.63) is 18.7 Å². The summed E-state index contributed by atoms with van der Waals surface area (Å²) < 4.78 is 0. The Bertz CT molecular complexity index is 342. The number of carboxylic acid groups (broad SMARTS) is 1. The minimum Gasteiger partial charge on any atom is -0.479 e. The van der Waals surface area contributed by atoms with Crippen LogP contribution in [-0.2, 0) is 9.63 Å². The van der Waals surface area contributed by atoms with E-state index < -0.39 is 18.6 Å². The number of hydrogen-bond acceptors (Lipinski definition) is 5. The number of carboxylic acids is 1. The van der Waals surface area contributed by atoms with Crippen molar-refractivity contribution in [2.75, 3.05) is 11.9 Å². The predicted molar refractivity (Wildman–Crippen MR) is 47.8 cm³/mol. The maximum Gasteiger partial charge on any atom is 0.343 e. The number of rotatable bonds is 4. The van der Waals surface area contributed by atoms with Crippen LogP contribution in [0.1, 0.15) is 0 Å². The van der Waals surface area contributed by atoms with E-state index in [2.05, 4.69) is 20.1 Å². The average molecular weight is 212 g/mol. The molecule has 1 heterocycles. The number of nitrogens with zero attached hydrogens (tertiary/aromatic N) is 2. The molecule has 1 rings (SSSR count). The third-order valence-electron chi connectivity index (χ3n) is 1.18. The summed E-state index contributed by atoms with van der Waals surface area (Å²) >= 11 is 0. The van der Waals surface area contributed by atoms with Crippen LogP contribution in [0.2, 0.25) is 0 Å². The predicted octanol–water partition coefficient (Wildman–Crippen LogP) is -0.386. The largest absolute Gasteiger partial charge is 0.479 e. The molecule has 15 heavy (non-hydrogen) atoms. The first-order valence-corrected chi connectivity index (χ1v) is 3.84. The van der Waals surface area contributed by atoms with E-state index in [1.807, 2.05) is 5.48 Å². The number of aromatic nitrogens is 2. The van der Waals surface area contributed by atoms with Crippen LogP contribution in [0.5, 0.6) is 0 Å². The Morgan fingerprint density at radius 3 is 2.67 bits per heavy atom. The van der Waals surface area contributed by atoms with Crippen molar-refractivity contribution >= 4 is 17.7 Å². The lowest BCUT2D eigenvalue weighted by atomic mass is 10.5. The molecule has 3 N–H and O–H groups in total. The zero-order chi connectivity index (χ0) is 11.1. The van der Waals surface area contributed by atoms with E-state index in [1.54, 1.807) is 0 Å². The molecule has 0 aliphatic rings. The van der Waals surface area contributed by atoms with Crippen molar-refractivity contribution in [2.24, 2.45) is 0 Å². The molecule has 0 fully saturated rings. The van der Waals surface area contributed by atoms with Crippen molar-refractivity contribution in [3.8, 4) is 0 Å². The van der Waals surface area contributed by atoms with Gasteiger partial charge in [-0.2, -0.15) is 0 Å². The number of nitrogens with one attached hydrogen (secondary N) is 2. The number of aliphatic carboxylic acids is 1. The molecule has 0 radical (unpaired) electrons. The summed E-state index contributed by atoms with van der Waals surface area (Å²) in [6.45, 7) is -0.612. The Morgan fingerprint density at radius 1 is 1.40 bits per heavy atom. The lowest BCUT2D eigenvalue weighted by Gasteiger charge is -2.04. The summed E-state index contributed by atoms with van der Waals surface area (Å²) in [5, 5.41) is 10.5. The Hall–Kier alpha value is -2.22. The second kappa shape index (κ2) is 5.50. The van der Waals surface area contributed by atoms with Crippen LogP contribution in [0.3, 0.4) is 0 Å². The maximum absolute atomic E-state index is 11.0. The van der Waals surface area contributed by atoms with Gasteiger partial charge in [-0.25, -0.2) is 25.0 Å². The van der Waals surface area contributed by atoms with Gasteiger partial charge in [0, 0.05) is 0 Å². The molecule has 0 saturated heterocycles. The van der Waals surface area contributed by atoms with Gasteiger partial charge >= 0.3 is 12.0 Å².